The van der Waals surface area contributed by atoms with Crippen LogP contribution in [0.1, 0.15) is 22.3 Å². The standard InChI is InChI=1S/C17H15N3O4/c21-5-3-10-6-11-8-17(9-12(11)7-14(10)20(23)24)13-2-1-4-18-15(13)19-16(17)22/h1-2,4,6-7,21H,3,5,8-9H2,(H,18,19,22)/t17-/m0/s1. The van der Waals surface area contributed by atoms with Crippen LogP contribution >= 0.6 is 0 Å². The van der Waals surface area contributed by atoms with Crippen molar-refractivity contribution in [2.45, 2.75) is 24.7 Å². The molecule has 4 rings (SSSR count). The van der Waals surface area contributed by atoms with Crippen molar-refractivity contribution in [1.29, 1.82) is 0 Å². The van der Waals surface area contributed by atoms with E-state index >= 15 is 0 Å². The Morgan fingerprint density at radius 2 is 2.08 bits per heavy atom. The maximum absolute atomic E-state index is 12.6. The number of aromatic nitrogens is 1. The topological polar surface area (TPSA) is 105 Å². The Morgan fingerprint density at radius 3 is 2.79 bits per heavy atom. The molecule has 2 heterocycles. The second-order valence-electron chi connectivity index (χ2n) is 6.27. The smallest absolute Gasteiger partial charge is 0.272 e. The Bertz CT molecular complexity index is 880. The van der Waals surface area contributed by atoms with E-state index in [-0.39, 0.29) is 24.6 Å². The molecule has 2 aliphatic rings. The molecule has 2 N–H and O–H groups in total. The monoisotopic (exact) mass is 325 g/mol. The van der Waals surface area contributed by atoms with Crippen LogP contribution in [-0.2, 0) is 29.5 Å². The summed E-state index contributed by atoms with van der Waals surface area (Å²) in [5.74, 6) is 0.458. The number of hydrogen-bond donors (Lipinski definition) is 2. The van der Waals surface area contributed by atoms with Crippen LogP contribution < -0.4 is 5.32 Å². The SMILES string of the molecule is O=C1Nc2ncccc2[C@@]12Cc1cc(CCO)c([N+](=O)[O-])cc1C2. The number of hydrogen-bond acceptors (Lipinski definition) is 5. The number of aliphatic hydroxyl groups excluding tert-OH is 1. The van der Waals surface area contributed by atoms with Gasteiger partial charge in [-0.2, -0.15) is 0 Å². The fraction of sp³-hybridized carbons (Fsp3) is 0.294. The molecule has 7 nitrogen and oxygen atoms in total. The zero-order chi connectivity index (χ0) is 16.9. The maximum atomic E-state index is 12.6. The van der Waals surface area contributed by atoms with E-state index in [1.807, 2.05) is 6.07 Å². The van der Waals surface area contributed by atoms with E-state index in [0.717, 1.165) is 16.7 Å². The molecule has 1 spiro atoms. The Kier molecular flexibility index (Phi) is 3.14. The van der Waals surface area contributed by atoms with Gasteiger partial charge in [0.1, 0.15) is 5.82 Å². The normalized spacial score (nSPS) is 20.8. The van der Waals surface area contributed by atoms with Crippen LogP contribution in [0.4, 0.5) is 11.5 Å². The predicted molar refractivity (Wildman–Crippen MR) is 85.8 cm³/mol. The Hall–Kier alpha value is -2.80. The van der Waals surface area contributed by atoms with Gasteiger partial charge in [0.2, 0.25) is 5.91 Å². The van der Waals surface area contributed by atoms with E-state index in [1.165, 1.54) is 0 Å². The van der Waals surface area contributed by atoms with Gasteiger partial charge in [-0.3, -0.25) is 14.9 Å². The Morgan fingerprint density at radius 1 is 1.33 bits per heavy atom. The molecule has 1 aliphatic heterocycles. The molecule has 1 aromatic heterocycles. The van der Waals surface area contributed by atoms with Crippen molar-refractivity contribution in [3.8, 4) is 0 Å². The van der Waals surface area contributed by atoms with E-state index in [1.54, 1.807) is 24.4 Å². The summed E-state index contributed by atoms with van der Waals surface area (Å²) in [6.45, 7) is -0.155. The number of rotatable bonds is 3. The van der Waals surface area contributed by atoms with Crippen LogP contribution in [0.3, 0.4) is 0 Å². The molecule has 1 aromatic carbocycles. The summed E-state index contributed by atoms with van der Waals surface area (Å²) in [5.41, 5.74) is 2.36. The summed E-state index contributed by atoms with van der Waals surface area (Å²) in [6.07, 6.45) is 2.77. The van der Waals surface area contributed by atoms with Gasteiger partial charge in [-0.25, -0.2) is 4.98 Å². The number of nitro benzene ring substituents is 1. The molecule has 0 fully saturated rings. The number of pyridine rings is 1. The van der Waals surface area contributed by atoms with Crippen LogP contribution in [0.25, 0.3) is 0 Å². The highest BCUT2D eigenvalue weighted by atomic mass is 16.6. The third kappa shape index (κ3) is 1.94. The number of amides is 1. The van der Waals surface area contributed by atoms with E-state index in [0.29, 0.717) is 24.2 Å². The first-order chi connectivity index (χ1) is 11.5. The molecule has 0 radical (unpaired) electrons. The molecule has 2 aromatic rings. The number of aliphatic hydroxyl groups is 1. The van der Waals surface area contributed by atoms with Crippen LogP contribution in [0.5, 0.6) is 0 Å². The quantitative estimate of drug-likeness (QED) is 0.657. The van der Waals surface area contributed by atoms with Crippen molar-refractivity contribution in [1.82, 2.24) is 4.98 Å². The molecule has 1 atom stereocenters. The summed E-state index contributed by atoms with van der Waals surface area (Å²) in [6, 6.07) is 7.00. The van der Waals surface area contributed by atoms with Crippen molar-refractivity contribution >= 4 is 17.4 Å². The van der Waals surface area contributed by atoms with E-state index < -0.39 is 10.3 Å². The third-order valence-corrected chi connectivity index (χ3v) is 4.95. The average molecular weight is 325 g/mol. The van der Waals surface area contributed by atoms with Crippen LogP contribution in [-0.4, -0.2) is 27.5 Å². The molecule has 0 saturated carbocycles. The van der Waals surface area contributed by atoms with Crippen molar-refractivity contribution < 1.29 is 14.8 Å². The van der Waals surface area contributed by atoms with E-state index in [2.05, 4.69) is 10.3 Å². The van der Waals surface area contributed by atoms with Crippen LogP contribution in [0.15, 0.2) is 30.5 Å². The largest absolute Gasteiger partial charge is 0.396 e. The number of fused-ring (bicyclic) bond motifs is 3. The number of carbonyl (C=O) groups is 1. The summed E-state index contributed by atoms with van der Waals surface area (Å²) >= 11 is 0. The summed E-state index contributed by atoms with van der Waals surface area (Å²) in [5, 5.41) is 23.3. The lowest BCUT2D eigenvalue weighted by Crippen LogP contribution is -2.35. The number of nitrogens with zero attached hydrogens (tertiary/aromatic N) is 2. The van der Waals surface area contributed by atoms with Crippen LogP contribution in [0.2, 0.25) is 0 Å². The fourth-order valence-electron chi connectivity index (χ4n) is 3.85. The number of anilines is 1. The summed E-state index contributed by atoms with van der Waals surface area (Å²) < 4.78 is 0. The predicted octanol–water partition coefficient (Wildman–Crippen LogP) is 1.51. The molecule has 0 bridgehead atoms. The molecule has 0 saturated heterocycles. The summed E-state index contributed by atoms with van der Waals surface area (Å²) in [7, 11) is 0. The van der Waals surface area contributed by atoms with Gasteiger partial charge < -0.3 is 10.4 Å². The van der Waals surface area contributed by atoms with E-state index in [9.17, 15) is 14.9 Å². The summed E-state index contributed by atoms with van der Waals surface area (Å²) in [4.78, 5) is 27.7. The van der Waals surface area contributed by atoms with Crippen LogP contribution in [0, 0.1) is 10.1 Å². The highest BCUT2D eigenvalue weighted by Crippen LogP contribution is 2.47. The third-order valence-electron chi connectivity index (χ3n) is 4.95. The number of benzene rings is 1. The minimum Gasteiger partial charge on any atom is -0.396 e. The Labute approximate surface area is 137 Å². The fourth-order valence-corrected chi connectivity index (χ4v) is 3.85. The molecule has 7 heteroatoms. The van der Waals surface area contributed by atoms with E-state index in [4.69, 9.17) is 5.11 Å². The lowest BCUT2D eigenvalue weighted by Gasteiger charge is -2.20. The van der Waals surface area contributed by atoms with Gasteiger partial charge >= 0.3 is 0 Å². The molecule has 24 heavy (non-hydrogen) atoms. The maximum Gasteiger partial charge on any atom is 0.272 e. The molecule has 1 aliphatic carbocycles. The van der Waals surface area contributed by atoms with Crippen molar-refractivity contribution in [2.24, 2.45) is 0 Å². The first-order valence-electron chi connectivity index (χ1n) is 7.72. The second-order valence-corrected chi connectivity index (χ2v) is 6.27. The van der Waals surface area contributed by atoms with Crippen molar-refractivity contribution in [3.05, 3.63) is 62.8 Å². The van der Waals surface area contributed by atoms with Gasteiger partial charge in [0, 0.05) is 36.4 Å². The lowest BCUT2D eigenvalue weighted by atomic mass is 9.79. The van der Waals surface area contributed by atoms with Gasteiger partial charge in [0.05, 0.1) is 10.3 Å². The zero-order valence-corrected chi connectivity index (χ0v) is 12.8. The average Bonchev–Trinajstić information content (AvgIpc) is 3.06. The first kappa shape index (κ1) is 14.8. The number of carbonyl (C=O) groups excluding carboxylic acids is 1. The highest BCUT2D eigenvalue weighted by molar-refractivity contribution is 6.06. The minimum atomic E-state index is -0.738. The highest BCUT2D eigenvalue weighted by Gasteiger charge is 2.51. The number of nitro groups is 1. The second kappa shape index (κ2) is 5.10. The molecular formula is C17H15N3O4. The first-order valence-corrected chi connectivity index (χ1v) is 7.72. The molecular weight excluding hydrogens is 310 g/mol. The molecule has 122 valence electrons. The Balaban J connectivity index is 1.82. The van der Waals surface area contributed by atoms with Crippen molar-refractivity contribution in [2.75, 3.05) is 11.9 Å². The van der Waals surface area contributed by atoms with Gasteiger partial charge in [0.15, 0.2) is 0 Å². The van der Waals surface area contributed by atoms with Gasteiger partial charge in [-0.1, -0.05) is 6.07 Å². The zero-order valence-electron chi connectivity index (χ0n) is 12.8. The molecule has 0 unspecified atom stereocenters. The minimum absolute atomic E-state index is 0.00432. The van der Waals surface area contributed by atoms with Crippen molar-refractivity contribution in [3.63, 3.8) is 0 Å². The van der Waals surface area contributed by atoms with Gasteiger partial charge in [-0.05, 0) is 36.1 Å². The molecule has 1 amide bonds. The van der Waals surface area contributed by atoms with Gasteiger partial charge in [-0.15, -0.1) is 0 Å². The lowest BCUT2D eigenvalue weighted by molar-refractivity contribution is -0.385. The number of nitrogens with one attached hydrogen (secondary N) is 1. The van der Waals surface area contributed by atoms with Gasteiger partial charge in [0.25, 0.3) is 5.69 Å².